The Hall–Kier alpha value is -2.19. The summed E-state index contributed by atoms with van der Waals surface area (Å²) in [5.74, 6) is 0.409. The van der Waals surface area contributed by atoms with Crippen molar-refractivity contribution in [1.29, 1.82) is 0 Å². The molecule has 2 fully saturated rings. The van der Waals surface area contributed by atoms with Gasteiger partial charge in [-0.2, -0.15) is 13.2 Å². The molecular weight excluding hydrogens is 433 g/mol. The zero-order valence-electron chi connectivity index (χ0n) is 17.9. The minimum Gasteiger partial charge on any atom is -0.356 e. The van der Waals surface area contributed by atoms with Gasteiger partial charge in [-0.05, 0) is 50.3 Å². The topological polar surface area (TPSA) is 32.3 Å². The molecule has 1 aromatic carbocycles. The number of alkyl halides is 3. The van der Waals surface area contributed by atoms with E-state index in [4.69, 9.17) is 0 Å². The van der Waals surface area contributed by atoms with E-state index in [9.17, 15) is 13.2 Å². The molecular formula is C24H27F3N4S. The van der Waals surface area contributed by atoms with Crippen molar-refractivity contribution < 1.29 is 13.2 Å². The standard InChI is InChI=1S/C24H27F3N4S/c25-24(26,27)19-8-10-30(11-9-19)14-17-6-12-31(13-7-17)22-21-20(18-4-2-1-3-5-18)15-32-23(21)29-16-28-22/h1-5,15-17,19H,6-14H2. The molecule has 3 aromatic rings. The van der Waals surface area contributed by atoms with E-state index in [0.717, 1.165) is 48.5 Å². The minimum atomic E-state index is -4.04. The number of thiophene rings is 1. The summed E-state index contributed by atoms with van der Waals surface area (Å²) in [6, 6.07) is 10.3. The summed E-state index contributed by atoms with van der Waals surface area (Å²) in [5.41, 5.74) is 2.35. The summed E-state index contributed by atoms with van der Waals surface area (Å²) >= 11 is 1.65. The molecule has 8 heteroatoms. The molecule has 2 aliphatic heterocycles. The predicted octanol–water partition coefficient (Wildman–Crippen LogP) is 5.85. The highest BCUT2D eigenvalue weighted by Crippen LogP contribution is 2.39. The molecule has 32 heavy (non-hydrogen) atoms. The lowest BCUT2D eigenvalue weighted by molar-refractivity contribution is -0.185. The first-order valence-electron chi connectivity index (χ1n) is 11.3. The second-order valence-corrected chi connectivity index (χ2v) is 9.80. The fourth-order valence-electron chi connectivity index (χ4n) is 5.06. The maximum atomic E-state index is 12.9. The van der Waals surface area contributed by atoms with Gasteiger partial charge in [-0.15, -0.1) is 11.3 Å². The number of piperidine rings is 2. The summed E-state index contributed by atoms with van der Waals surface area (Å²) < 4.78 is 38.8. The molecule has 0 spiro atoms. The molecule has 0 saturated carbocycles. The van der Waals surface area contributed by atoms with Crippen LogP contribution in [0.5, 0.6) is 0 Å². The normalized spacial score (nSPS) is 19.7. The Balaban J connectivity index is 1.24. The van der Waals surface area contributed by atoms with Gasteiger partial charge in [0.05, 0.1) is 11.3 Å². The Kier molecular flexibility index (Phi) is 6.07. The van der Waals surface area contributed by atoms with Crippen molar-refractivity contribution in [3.8, 4) is 11.1 Å². The molecule has 4 nitrogen and oxygen atoms in total. The van der Waals surface area contributed by atoms with Crippen LogP contribution in [-0.2, 0) is 0 Å². The van der Waals surface area contributed by atoms with E-state index < -0.39 is 12.1 Å². The number of anilines is 1. The number of likely N-dealkylation sites (tertiary alicyclic amines) is 1. The fraction of sp³-hybridized carbons (Fsp3) is 0.500. The first-order valence-corrected chi connectivity index (χ1v) is 12.2. The number of hydrogen-bond acceptors (Lipinski definition) is 5. The van der Waals surface area contributed by atoms with Crippen LogP contribution in [-0.4, -0.2) is 53.8 Å². The van der Waals surface area contributed by atoms with Gasteiger partial charge in [-0.1, -0.05) is 30.3 Å². The van der Waals surface area contributed by atoms with Gasteiger partial charge in [0, 0.05) is 30.6 Å². The third-order valence-corrected chi connectivity index (χ3v) is 7.80. The maximum absolute atomic E-state index is 12.9. The average Bonchev–Trinajstić information content (AvgIpc) is 3.24. The molecule has 0 unspecified atom stereocenters. The highest BCUT2D eigenvalue weighted by Gasteiger charge is 2.41. The third kappa shape index (κ3) is 4.48. The van der Waals surface area contributed by atoms with Gasteiger partial charge in [-0.3, -0.25) is 0 Å². The molecule has 0 amide bonds. The van der Waals surface area contributed by atoms with E-state index in [-0.39, 0.29) is 12.8 Å². The molecule has 0 aliphatic carbocycles. The molecule has 0 N–H and O–H groups in total. The van der Waals surface area contributed by atoms with E-state index in [2.05, 4.69) is 37.3 Å². The molecule has 4 heterocycles. The molecule has 5 rings (SSSR count). The SMILES string of the molecule is FC(F)(F)C1CCN(CC2CCN(c3ncnc4scc(-c5ccccc5)c34)CC2)CC1. The van der Waals surface area contributed by atoms with E-state index in [1.54, 1.807) is 17.7 Å². The van der Waals surface area contributed by atoms with Gasteiger partial charge in [-0.25, -0.2) is 9.97 Å². The number of halogens is 3. The van der Waals surface area contributed by atoms with Crippen molar-refractivity contribution in [1.82, 2.24) is 14.9 Å². The van der Waals surface area contributed by atoms with Crippen molar-refractivity contribution in [2.45, 2.75) is 31.9 Å². The monoisotopic (exact) mass is 460 g/mol. The Labute approximate surface area is 190 Å². The Morgan fingerprint density at radius 1 is 0.938 bits per heavy atom. The van der Waals surface area contributed by atoms with Gasteiger partial charge in [0.25, 0.3) is 0 Å². The average molecular weight is 461 g/mol. The maximum Gasteiger partial charge on any atom is 0.391 e. The zero-order chi connectivity index (χ0) is 22.1. The number of nitrogens with zero attached hydrogens (tertiary/aromatic N) is 4. The van der Waals surface area contributed by atoms with Crippen LogP contribution in [0.15, 0.2) is 42.0 Å². The molecule has 2 aliphatic rings. The van der Waals surface area contributed by atoms with Crippen LogP contribution in [0.3, 0.4) is 0 Å². The molecule has 170 valence electrons. The Morgan fingerprint density at radius 2 is 1.66 bits per heavy atom. The van der Waals surface area contributed by atoms with Crippen LogP contribution >= 0.6 is 11.3 Å². The zero-order valence-corrected chi connectivity index (χ0v) is 18.7. The Bertz CT molecular complexity index is 1040. The van der Waals surface area contributed by atoms with Crippen molar-refractivity contribution in [2.75, 3.05) is 37.6 Å². The predicted molar refractivity (Wildman–Crippen MR) is 123 cm³/mol. The van der Waals surface area contributed by atoms with Gasteiger partial charge in [0.2, 0.25) is 0 Å². The van der Waals surface area contributed by atoms with Crippen molar-refractivity contribution >= 4 is 27.4 Å². The second kappa shape index (κ2) is 8.98. The molecule has 2 saturated heterocycles. The van der Waals surface area contributed by atoms with Crippen molar-refractivity contribution in [3.63, 3.8) is 0 Å². The van der Waals surface area contributed by atoms with Crippen LogP contribution in [0.2, 0.25) is 0 Å². The van der Waals surface area contributed by atoms with Crippen LogP contribution in [0.1, 0.15) is 25.7 Å². The smallest absolute Gasteiger partial charge is 0.356 e. The number of hydrogen-bond donors (Lipinski definition) is 0. The van der Waals surface area contributed by atoms with E-state index in [1.165, 1.54) is 11.1 Å². The third-order valence-electron chi connectivity index (χ3n) is 6.92. The van der Waals surface area contributed by atoms with E-state index in [0.29, 0.717) is 19.0 Å². The first kappa shape index (κ1) is 21.6. The molecule has 2 aromatic heterocycles. The summed E-state index contributed by atoms with van der Waals surface area (Å²) in [6.45, 7) is 3.86. The number of fused-ring (bicyclic) bond motifs is 1. The molecule has 0 bridgehead atoms. The van der Waals surface area contributed by atoms with Crippen LogP contribution in [0.25, 0.3) is 21.3 Å². The summed E-state index contributed by atoms with van der Waals surface area (Å²) in [5, 5.41) is 3.28. The first-order chi connectivity index (χ1) is 15.5. The van der Waals surface area contributed by atoms with Crippen LogP contribution < -0.4 is 4.90 Å². The largest absolute Gasteiger partial charge is 0.391 e. The van der Waals surface area contributed by atoms with Gasteiger partial charge < -0.3 is 9.80 Å². The lowest BCUT2D eigenvalue weighted by Crippen LogP contribution is -2.43. The van der Waals surface area contributed by atoms with Gasteiger partial charge >= 0.3 is 6.18 Å². The summed E-state index contributed by atoms with van der Waals surface area (Å²) in [4.78, 5) is 14.8. The number of benzene rings is 1. The van der Waals surface area contributed by atoms with E-state index in [1.807, 2.05) is 18.2 Å². The van der Waals surface area contributed by atoms with Crippen LogP contribution in [0, 0.1) is 11.8 Å². The number of aromatic nitrogens is 2. The van der Waals surface area contributed by atoms with E-state index >= 15 is 0 Å². The summed E-state index contributed by atoms with van der Waals surface area (Å²) in [6.07, 6.45) is 0.161. The van der Waals surface area contributed by atoms with Gasteiger partial charge in [0.1, 0.15) is 17.0 Å². The lowest BCUT2D eigenvalue weighted by Gasteiger charge is -2.38. The Morgan fingerprint density at radius 3 is 2.34 bits per heavy atom. The minimum absolute atomic E-state index is 0.238. The highest BCUT2D eigenvalue weighted by molar-refractivity contribution is 7.17. The quantitative estimate of drug-likeness (QED) is 0.489. The van der Waals surface area contributed by atoms with Crippen molar-refractivity contribution in [3.05, 3.63) is 42.0 Å². The second-order valence-electron chi connectivity index (χ2n) is 8.94. The number of rotatable bonds is 4. The summed E-state index contributed by atoms with van der Waals surface area (Å²) in [7, 11) is 0. The fourth-order valence-corrected chi connectivity index (χ4v) is 5.98. The molecule has 0 atom stereocenters. The van der Waals surface area contributed by atoms with Gasteiger partial charge in [0.15, 0.2) is 0 Å². The molecule has 0 radical (unpaired) electrons. The van der Waals surface area contributed by atoms with Crippen LogP contribution in [0.4, 0.5) is 19.0 Å². The lowest BCUT2D eigenvalue weighted by atomic mass is 9.92. The van der Waals surface area contributed by atoms with Crippen molar-refractivity contribution in [2.24, 2.45) is 11.8 Å². The highest BCUT2D eigenvalue weighted by atomic mass is 32.1.